The lowest BCUT2D eigenvalue weighted by Crippen LogP contribution is -2.07. The quantitative estimate of drug-likeness (QED) is 0.786. The monoisotopic (exact) mass is 267 g/mol. The van der Waals surface area contributed by atoms with E-state index >= 15 is 0 Å². The van der Waals surface area contributed by atoms with Gasteiger partial charge in [-0.3, -0.25) is 0 Å². The molecule has 2 N–H and O–H groups in total. The molecule has 1 rings (SSSR count). The summed E-state index contributed by atoms with van der Waals surface area (Å²) in [6.07, 6.45) is 3.02. The fourth-order valence-electron chi connectivity index (χ4n) is 2.14. The van der Waals surface area contributed by atoms with E-state index in [2.05, 4.69) is 6.92 Å². The maximum atomic E-state index is 5.58. The van der Waals surface area contributed by atoms with Crippen LogP contribution in [0.3, 0.4) is 0 Å². The molecule has 4 heteroatoms. The van der Waals surface area contributed by atoms with E-state index in [4.69, 9.17) is 19.9 Å². The Morgan fingerprint density at radius 1 is 1.00 bits per heavy atom. The summed E-state index contributed by atoms with van der Waals surface area (Å²) in [6.45, 7) is 2.95. The maximum absolute atomic E-state index is 5.58. The van der Waals surface area contributed by atoms with Gasteiger partial charge in [0.2, 0.25) is 0 Å². The number of hydrogen-bond acceptors (Lipinski definition) is 4. The van der Waals surface area contributed by atoms with E-state index in [0.717, 1.165) is 48.6 Å². The van der Waals surface area contributed by atoms with E-state index in [9.17, 15) is 0 Å². The van der Waals surface area contributed by atoms with Crippen LogP contribution >= 0.6 is 0 Å². The van der Waals surface area contributed by atoms with Gasteiger partial charge >= 0.3 is 0 Å². The summed E-state index contributed by atoms with van der Waals surface area (Å²) in [6, 6.07) is 3.79. The Balaban J connectivity index is 2.90. The predicted molar refractivity (Wildman–Crippen MR) is 77.3 cm³/mol. The molecule has 108 valence electrons. The Morgan fingerprint density at radius 2 is 1.58 bits per heavy atom. The van der Waals surface area contributed by atoms with Crippen LogP contribution in [0.4, 0.5) is 0 Å². The van der Waals surface area contributed by atoms with E-state index in [1.165, 1.54) is 0 Å². The van der Waals surface area contributed by atoms with Crippen molar-refractivity contribution in [2.45, 2.75) is 26.2 Å². The van der Waals surface area contributed by atoms with Crippen molar-refractivity contribution in [2.24, 2.45) is 11.7 Å². The lowest BCUT2D eigenvalue weighted by molar-refractivity contribution is 0.365. The first-order chi connectivity index (χ1) is 9.15. The van der Waals surface area contributed by atoms with E-state index in [1.807, 2.05) is 12.1 Å². The molecule has 0 fully saturated rings. The van der Waals surface area contributed by atoms with Crippen molar-refractivity contribution in [1.82, 2.24) is 0 Å². The van der Waals surface area contributed by atoms with Crippen LogP contribution in [0, 0.1) is 5.92 Å². The second kappa shape index (κ2) is 7.89. The minimum absolute atomic E-state index is 0.599. The number of methoxy groups -OCH3 is 3. The van der Waals surface area contributed by atoms with Crippen LogP contribution in [-0.2, 0) is 6.42 Å². The van der Waals surface area contributed by atoms with Crippen molar-refractivity contribution < 1.29 is 14.2 Å². The van der Waals surface area contributed by atoms with Crippen LogP contribution in [0.25, 0.3) is 0 Å². The maximum Gasteiger partial charge on any atom is 0.129 e. The Morgan fingerprint density at radius 3 is 2.00 bits per heavy atom. The van der Waals surface area contributed by atoms with Crippen molar-refractivity contribution >= 4 is 0 Å². The molecule has 0 aliphatic carbocycles. The summed E-state index contributed by atoms with van der Waals surface area (Å²) in [7, 11) is 4.97. The summed E-state index contributed by atoms with van der Waals surface area (Å²) < 4.78 is 16.1. The normalized spacial score (nSPS) is 12.1. The lowest BCUT2D eigenvalue weighted by Gasteiger charge is -2.16. The highest BCUT2D eigenvalue weighted by Crippen LogP contribution is 2.35. The van der Waals surface area contributed by atoms with Crippen LogP contribution in [0.1, 0.15) is 25.3 Å². The van der Waals surface area contributed by atoms with E-state index in [0.29, 0.717) is 5.92 Å². The molecule has 0 saturated heterocycles. The summed E-state index contributed by atoms with van der Waals surface area (Å²) in [4.78, 5) is 0. The highest BCUT2D eigenvalue weighted by Gasteiger charge is 2.14. The van der Waals surface area contributed by atoms with Gasteiger partial charge in [-0.05, 0) is 31.7 Å². The average molecular weight is 267 g/mol. The van der Waals surface area contributed by atoms with Crippen LogP contribution in [0.5, 0.6) is 17.2 Å². The number of nitrogens with two attached hydrogens (primary N) is 1. The fraction of sp³-hybridized carbons (Fsp3) is 0.600. The molecule has 0 bridgehead atoms. The van der Waals surface area contributed by atoms with E-state index in [-0.39, 0.29) is 0 Å². The third-order valence-corrected chi connectivity index (χ3v) is 3.36. The van der Waals surface area contributed by atoms with Crippen molar-refractivity contribution in [1.29, 1.82) is 0 Å². The molecule has 0 radical (unpaired) electrons. The summed E-state index contributed by atoms with van der Waals surface area (Å²) in [5, 5.41) is 0. The first-order valence-corrected chi connectivity index (χ1v) is 6.65. The third kappa shape index (κ3) is 4.31. The van der Waals surface area contributed by atoms with Gasteiger partial charge in [0.05, 0.1) is 21.3 Å². The molecule has 0 spiro atoms. The standard InChI is InChI=1S/C15H25NO3/c1-11(7-8-16)5-6-13-14(18-3)9-12(17-2)10-15(13)19-4/h9-11H,5-8,16H2,1-4H3. The van der Waals surface area contributed by atoms with Gasteiger partial charge in [-0.1, -0.05) is 6.92 Å². The van der Waals surface area contributed by atoms with Crippen molar-refractivity contribution in [3.05, 3.63) is 17.7 Å². The molecule has 1 aromatic carbocycles. The van der Waals surface area contributed by atoms with Crippen LogP contribution < -0.4 is 19.9 Å². The largest absolute Gasteiger partial charge is 0.496 e. The average Bonchev–Trinajstić information content (AvgIpc) is 2.44. The van der Waals surface area contributed by atoms with Gasteiger partial charge in [-0.15, -0.1) is 0 Å². The zero-order valence-electron chi connectivity index (χ0n) is 12.4. The number of hydrogen-bond donors (Lipinski definition) is 1. The summed E-state index contributed by atoms with van der Waals surface area (Å²) in [5.41, 5.74) is 6.67. The zero-order chi connectivity index (χ0) is 14.3. The molecule has 1 atom stereocenters. The van der Waals surface area contributed by atoms with Gasteiger partial charge in [0.1, 0.15) is 17.2 Å². The molecule has 0 saturated carbocycles. The van der Waals surface area contributed by atoms with Gasteiger partial charge < -0.3 is 19.9 Å². The molecule has 0 amide bonds. The molecule has 0 heterocycles. The molecule has 4 nitrogen and oxygen atoms in total. The SMILES string of the molecule is COc1cc(OC)c(CCC(C)CCN)c(OC)c1. The molecule has 0 aliphatic rings. The molecule has 19 heavy (non-hydrogen) atoms. The molecule has 1 unspecified atom stereocenters. The first-order valence-electron chi connectivity index (χ1n) is 6.65. The lowest BCUT2D eigenvalue weighted by atomic mass is 9.97. The fourth-order valence-corrected chi connectivity index (χ4v) is 2.14. The minimum Gasteiger partial charge on any atom is -0.496 e. The van der Waals surface area contributed by atoms with Crippen molar-refractivity contribution in [2.75, 3.05) is 27.9 Å². The second-order valence-electron chi connectivity index (χ2n) is 4.73. The van der Waals surface area contributed by atoms with E-state index in [1.54, 1.807) is 21.3 Å². The number of ether oxygens (including phenoxy) is 3. The Bertz CT molecular complexity index is 368. The van der Waals surface area contributed by atoms with Crippen LogP contribution in [-0.4, -0.2) is 27.9 Å². The number of benzene rings is 1. The zero-order valence-corrected chi connectivity index (χ0v) is 12.4. The van der Waals surface area contributed by atoms with Gasteiger partial charge in [-0.2, -0.15) is 0 Å². The molecular formula is C15H25NO3. The topological polar surface area (TPSA) is 53.7 Å². The second-order valence-corrected chi connectivity index (χ2v) is 4.73. The van der Waals surface area contributed by atoms with Crippen LogP contribution in [0.15, 0.2) is 12.1 Å². The predicted octanol–water partition coefficient (Wildman–Crippen LogP) is 2.63. The third-order valence-electron chi connectivity index (χ3n) is 3.36. The van der Waals surface area contributed by atoms with Gasteiger partial charge in [-0.25, -0.2) is 0 Å². The first kappa shape index (κ1) is 15.6. The van der Waals surface area contributed by atoms with Crippen LogP contribution in [0.2, 0.25) is 0 Å². The summed E-state index contributed by atoms with van der Waals surface area (Å²) in [5.74, 6) is 2.97. The molecular weight excluding hydrogens is 242 g/mol. The van der Waals surface area contributed by atoms with Crippen molar-refractivity contribution in [3.63, 3.8) is 0 Å². The van der Waals surface area contributed by atoms with Crippen molar-refractivity contribution in [3.8, 4) is 17.2 Å². The number of rotatable bonds is 8. The highest BCUT2D eigenvalue weighted by molar-refractivity contribution is 5.50. The minimum atomic E-state index is 0.599. The molecule has 1 aromatic rings. The summed E-state index contributed by atoms with van der Waals surface area (Å²) >= 11 is 0. The Kier molecular flexibility index (Phi) is 6.50. The van der Waals surface area contributed by atoms with Gasteiger partial charge in [0, 0.05) is 17.7 Å². The molecule has 0 aliphatic heterocycles. The highest BCUT2D eigenvalue weighted by atomic mass is 16.5. The van der Waals surface area contributed by atoms with Gasteiger partial charge in [0.15, 0.2) is 0 Å². The Labute approximate surface area is 115 Å². The smallest absolute Gasteiger partial charge is 0.129 e. The van der Waals surface area contributed by atoms with Gasteiger partial charge in [0.25, 0.3) is 0 Å². The van der Waals surface area contributed by atoms with E-state index < -0.39 is 0 Å². The Hall–Kier alpha value is -1.42. The molecule has 0 aromatic heterocycles.